The van der Waals surface area contributed by atoms with Gasteiger partial charge < -0.3 is 19.3 Å². The van der Waals surface area contributed by atoms with E-state index < -0.39 is 24.2 Å². The predicted molar refractivity (Wildman–Crippen MR) is 148 cm³/mol. The van der Waals surface area contributed by atoms with Crippen LogP contribution in [0.2, 0.25) is 0 Å². The molecule has 1 saturated carbocycles. The molecule has 0 radical (unpaired) electrons. The molecule has 4 heterocycles. The van der Waals surface area contributed by atoms with Crippen LogP contribution in [0.1, 0.15) is 43.8 Å². The molecule has 7 unspecified atom stereocenters. The van der Waals surface area contributed by atoms with E-state index in [2.05, 4.69) is 40.1 Å². The molecular weight excluding hydrogens is 527 g/mol. The number of nitrogens with zero attached hydrogens (tertiary/aromatic N) is 4. The normalized spacial score (nSPS) is 37.3. The number of piperazine rings is 1. The minimum absolute atomic E-state index is 0.175. The lowest BCUT2D eigenvalue weighted by Crippen LogP contribution is -2.76. The van der Waals surface area contributed by atoms with Crippen molar-refractivity contribution in [2.24, 2.45) is 5.92 Å². The quantitative estimate of drug-likeness (QED) is 0.497. The lowest BCUT2D eigenvalue weighted by molar-refractivity contribution is -0.163. The Labute approximate surface area is 240 Å². The van der Waals surface area contributed by atoms with Crippen molar-refractivity contribution in [3.63, 3.8) is 0 Å². The Bertz CT molecular complexity index is 1230. The van der Waals surface area contributed by atoms with Crippen LogP contribution in [-0.4, -0.2) is 102 Å². The van der Waals surface area contributed by atoms with Gasteiger partial charge in [-0.05, 0) is 51.4 Å². The molecule has 11 heteroatoms. The van der Waals surface area contributed by atoms with E-state index in [1.54, 1.807) is 29.2 Å². The second-order valence-corrected chi connectivity index (χ2v) is 12.0. The molecule has 10 nitrogen and oxygen atoms in total. The first kappa shape index (κ1) is 28.2. The second kappa shape index (κ2) is 11.4. The number of halogens is 1. The highest BCUT2D eigenvalue weighted by atomic mass is 19.1. The number of Topliss-reactive ketones (excluding diaryl/α,β-unsaturated/α-hetero) is 1. The number of alkyl halides is 1. The summed E-state index contributed by atoms with van der Waals surface area (Å²) in [6.07, 6.45) is 2.04. The number of likely N-dealkylation sites (N-methyl/N-ethyl adjacent to an activating group) is 1. The number of para-hydroxylation sites is 1. The summed E-state index contributed by atoms with van der Waals surface area (Å²) in [4.78, 5) is 33.0. The Morgan fingerprint density at radius 3 is 2.83 bits per heavy atom. The fraction of sp³-hybridized carbons (Fsp3) is 0.633. The van der Waals surface area contributed by atoms with E-state index in [0.29, 0.717) is 50.0 Å². The van der Waals surface area contributed by atoms with Gasteiger partial charge in [-0.3, -0.25) is 25.1 Å². The molecule has 1 spiro atoms. The smallest absolute Gasteiger partial charge is 0.246 e. The van der Waals surface area contributed by atoms with E-state index in [-0.39, 0.29) is 42.7 Å². The fourth-order valence-corrected chi connectivity index (χ4v) is 7.48. The van der Waals surface area contributed by atoms with Gasteiger partial charge in [0.1, 0.15) is 5.75 Å². The van der Waals surface area contributed by atoms with Crippen molar-refractivity contribution in [2.45, 2.75) is 74.5 Å². The zero-order chi connectivity index (χ0) is 28.7. The highest BCUT2D eigenvalue weighted by molar-refractivity contribution is 5.95. The zero-order valence-electron chi connectivity index (χ0n) is 23.5. The molecule has 1 amide bonds. The first-order chi connectivity index (χ1) is 19.9. The Morgan fingerprint density at radius 2 is 2.10 bits per heavy atom. The molecule has 4 fully saturated rings. The van der Waals surface area contributed by atoms with Crippen molar-refractivity contribution in [1.29, 1.82) is 5.26 Å². The van der Waals surface area contributed by atoms with Gasteiger partial charge in [0.25, 0.3) is 0 Å². The van der Waals surface area contributed by atoms with Crippen LogP contribution >= 0.6 is 0 Å². The number of amides is 1. The number of ketones is 1. The number of nitriles is 1. The molecule has 1 aliphatic carbocycles. The molecule has 5 aliphatic rings. The highest BCUT2D eigenvalue weighted by Gasteiger charge is 2.62. The molecular formula is C30H39FN6O4. The van der Waals surface area contributed by atoms with Crippen LogP contribution < -0.4 is 15.4 Å². The summed E-state index contributed by atoms with van der Waals surface area (Å²) in [6, 6.07) is 8.49. The Hall–Kier alpha value is -2.88. The maximum Gasteiger partial charge on any atom is 0.246 e. The van der Waals surface area contributed by atoms with E-state index in [1.807, 2.05) is 0 Å². The molecule has 1 aromatic carbocycles. The Kier molecular flexibility index (Phi) is 7.87. The van der Waals surface area contributed by atoms with Crippen LogP contribution in [0.15, 0.2) is 36.9 Å². The van der Waals surface area contributed by atoms with Gasteiger partial charge in [0.05, 0.1) is 37.3 Å². The third kappa shape index (κ3) is 4.96. The molecule has 220 valence electrons. The molecule has 4 aliphatic heterocycles. The second-order valence-electron chi connectivity index (χ2n) is 12.0. The first-order valence-corrected chi connectivity index (χ1v) is 14.7. The summed E-state index contributed by atoms with van der Waals surface area (Å²) in [5, 5.41) is 16.5. The van der Waals surface area contributed by atoms with Crippen LogP contribution in [0.5, 0.6) is 5.75 Å². The van der Waals surface area contributed by atoms with Gasteiger partial charge in [0.2, 0.25) is 11.5 Å². The van der Waals surface area contributed by atoms with E-state index >= 15 is 4.39 Å². The maximum atomic E-state index is 16.0. The molecule has 0 aromatic heterocycles. The fourth-order valence-electron chi connectivity index (χ4n) is 7.48. The Morgan fingerprint density at radius 1 is 1.27 bits per heavy atom. The van der Waals surface area contributed by atoms with E-state index in [4.69, 9.17) is 9.47 Å². The standard InChI is InChI=1S/C30H39FN6O4/c1-3-24(38)37-16-15-36(17-19(37)11-13-32)28-22-10-12-30(26(31)21-8-4-5-9-23(21)41-30)27(39)25(22)33-29(34-28)40-18-20-7-6-14-35(20)2/h3-5,8-9,19-20,22,25-26,28-29,33-34H,1,6-7,10-12,14-18H2,2H3/t19?,20?,22?,25?,26?,28?,29?,30-/m0/s1. The third-order valence-corrected chi connectivity index (χ3v) is 9.75. The number of hydrogen-bond acceptors (Lipinski definition) is 9. The average Bonchev–Trinajstić information content (AvgIpc) is 3.53. The minimum Gasteiger partial charge on any atom is -0.476 e. The summed E-state index contributed by atoms with van der Waals surface area (Å²) in [5.74, 6) is -0.225. The molecule has 1 aromatic rings. The number of nitrogens with one attached hydrogen (secondary N) is 2. The number of hydrogen-bond donors (Lipinski definition) is 2. The lowest BCUT2D eigenvalue weighted by atomic mass is 9.69. The van der Waals surface area contributed by atoms with Crippen LogP contribution in [0.25, 0.3) is 0 Å². The van der Waals surface area contributed by atoms with Crippen LogP contribution in [0.3, 0.4) is 0 Å². The van der Waals surface area contributed by atoms with Crippen LogP contribution in [0.4, 0.5) is 4.39 Å². The molecule has 3 saturated heterocycles. The minimum atomic E-state index is -1.56. The van der Waals surface area contributed by atoms with Crippen LogP contribution in [-0.2, 0) is 14.3 Å². The largest absolute Gasteiger partial charge is 0.476 e. The summed E-state index contributed by atoms with van der Waals surface area (Å²) in [5.41, 5.74) is -1.14. The number of likely N-dealkylation sites (tertiary alicyclic amines) is 1. The van der Waals surface area contributed by atoms with Gasteiger partial charge in [-0.25, -0.2) is 4.39 Å². The van der Waals surface area contributed by atoms with Gasteiger partial charge in [0.15, 0.2) is 18.3 Å². The number of ether oxygens (including phenoxy) is 2. The van der Waals surface area contributed by atoms with E-state index in [1.165, 1.54) is 6.08 Å². The van der Waals surface area contributed by atoms with Crippen molar-refractivity contribution < 1.29 is 23.5 Å². The number of rotatable bonds is 6. The monoisotopic (exact) mass is 566 g/mol. The van der Waals surface area contributed by atoms with Gasteiger partial charge in [-0.2, -0.15) is 5.26 Å². The van der Waals surface area contributed by atoms with Gasteiger partial charge in [-0.15, -0.1) is 0 Å². The van der Waals surface area contributed by atoms with E-state index in [0.717, 1.165) is 19.4 Å². The lowest BCUT2D eigenvalue weighted by Gasteiger charge is -2.54. The van der Waals surface area contributed by atoms with Crippen molar-refractivity contribution in [3.05, 3.63) is 42.5 Å². The van der Waals surface area contributed by atoms with Crippen LogP contribution in [0, 0.1) is 17.2 Å². The summed E-state index contributed by atoms with van der Waals surface area (Å²) in [7, 11) is 2.09. The van der Waals surface area contributed by atoms with Gasteiger partial charge in [-0.1, -0.05) is 24.8 Å². The van der Waals surface area contributed by atoms with Gasteiger partial charge in [0, 0.05) is 37.2 Å². The van der Waals surface area contributed by atoms with Crippen molar-refractivity contribution in [1.82, 2.24) is 25.3 Å². The molecule has 41 heavy (non-hydrogen) atoms. The average molecular weight is 567 g/mol. The molecule has 0 bridgehead atoms. The molecule has 6 rings (SSSR count). The third-order valence-electron chi connectivity index (χ3n) is 9.75. The van der Waals surface area contributed by atoms with E-state index in [9.17, 15) is 14.9 Å². The summed E-state index contributed by atoms with van der Waals surface area (Å²) < 4.78 is 28.5. The molecule has 2 N–H and O–H groups in total. The van der Waals surface area contributed by atoms with Gasteiger partial charge >= 0.3 is 0 Å². The highest BCUT2D eigenvalue weighted by Crippen LogP contribution is 2.52. The zero-order valence-corrected chi connectivity index (χ0v) is 23.5. The van der Waals surface area contributed by atoms with Crippen molar-refractivity contribution in [3.8, 4) is 11.8 Å². The number of benzene rings is 1. The van der Waals surface area contributed by atoms with Crippen molar-refractivity contribution in [2.75, 3.05) is 39.8 Å². The summed E-state index contributed by atoms with van der Waals surface area (Å²) in [6.45, 7) is 6.62. The SMILES string of the molecule is C=CC(=O)N1CCN(C2NC(OCC3CCCN3C)NC3C(=O)[C@@]4(CCC32)Oc2ccccc2C4F)CC1CC#N. The first-order valence-electron chi connectivity index (χ1n) is 14.7. The topological polar surface area (TPSA) is 110 Å². The Balaban J connectivity index is 1.25. The van der Waals surface area contributed by atoms with Crippen molar-refractivity contribution >= 4 is 11.7 Å². The number of fused-ring (bicyclic) bond motifs is 2. The molecule has 8 atom stereocenters. The summed E-state index contributed by atoms with van der Waals surface area (Å²) >= 11 is 0. The number of carbonyl (C=O) groups is 2. The predicted octanol–water partition coefficient (Wildman–Crippen LogP) is 1.70. The maximum absolute atomic E-state index is 16.0. The number of carbonyl (C=O) groups excluding carboxylic acids is 2.